The van der Waals surface area contributed by atoms with Gasteiger partial charge >= 0.3 is 0 Å². The predicted octanol–water partition coefficient (Wildman–Crippen LogP) is 16.6. The van der Waals surface area contributed by atoms with E-state index in [0.717, 1.165) is 41.4 Å². The second-order valence-electron chi connectivity index (χ2n) is 14.7. The summed E-state index contributed by atoms with van der Waals surface area (Å²) in [5, 5.41) is 0. The molecule has 5 saturated carbocycles. The van der Waals surface area contributed by atoms with Crippen molar-refractivity contribution in [1.29, 1.82) is 0 Å². The van der Waals surface area contributed by atoms with Gasteiger partial charge in [0, 0.05) is 0 Å². The number of hydrogen-bond acceptors (Lipinski definition) is 0. The molecule has 44 heavy (non-hydrogen) atoms. The molecule has 0 amide bonds. The minimum atomic E-state index is 1.02. The van der Waals surface area contributed by atoms with E-state index in [4.69, 9.17) is 0 Å². The molecule has 0 N–H and O–H groups in total. The van der Waals surface area contributed by atoms with Crippen LogP contribution in [0.5, 0.6) is 0 Å². The summed E-state index contributed by atoms with van der Waals surface area (Å²) in [6.45, 7) is 23.2. The lowest BCUT2D eigenvalue weighted by Gasteiger charge is -2.37. The van der Waals surface area contributed by atoms with E-state index >= 15 is 0 Å². The summed E-state index contributed by atoms with van der Waals surface area (Å²) in [6.07, 6.45) is 39.7. The van der Waals surface area contributed by atoms with Gasteiger partial charge in [0.2, 0.25) is 0 Å². The van der Waals surface area contributed by atoms with E-state index in [0.29, 0.717) is 0 Å². The van der Waals surface area contributed by atoms with Crippen LogP contribution in [0.25, 0.3) is 0 Å². The van der Waals surface area contributed by atoms with E-state index in [1.165, 1.54) is 116 Å². The van der Waals surface area contributed by atoms with Crippen molar-refractivity contribution in [1.82, 2.24) is 0 Å². The second-order valence-corrected chi connectivity index (χ2v) is 14.7. The zero-order valence-corrected chi connectivity index (χ0v) is 33.4. The van der Waals surface area contributed by atoms with E-state index in [1.54, 1.807) is 51.4 Å². The maximum atomic E-state index is 2.47. The highest BCUT2D eigenvalue weighted by Crippen LogP contribution is 2.42. The van der Waals surface area contributed by atoms with Crippen molar-refractivity contribution in [3.63, 3.8) is 0 Å². The Hall–Kier alpha value is 0. The quantitative estimate of drug-likeness (QED) is 0.287. The highest BCUT2D eigenvalue weighted by Gasteiger charge is 2.30. The molecule has 5 fully saturated rings. The van der Waals surface area contributed by atoms with Gasteiger partial charge in [-0.1, -0.05) is 230 Å². The van der Waals surface area contributed by atoms with Crippen LogP contribution in [0.4, 0.5) is 0 Å². The van der Waals surface area contributed by atoms with Crippen molar-refractivity contribution in [2.75, 3.05) is 0 Å². The Balaban J connectivity index is 0. The minimum Gasteiger partial charge on any atom is -0.0683 e. The van der Waals surface area contributed by atoms with Gasteiger partial charge in [-0.2, -0.15) is 0 Å². The van der Waals surface area contributed by atoms with Crippen LogP contribution >= 0.6 is 0 Å². The van der Waals surface area contributed by atoms with Gasteiger partial charge < -0.3 is 0 Å². The van der Waals surface area contributed by atoms with Crippen molar-refractivity contribution >= 4 is 0 Å². The van der Waals surface area contributed by atoms with Crippen LogP contribution < -0.4 is 0 Å². The molecule has 0 aromatic rings. The average Bonchev–Trinajstić information content (AvgIpc) is 3.11. The third-order valence-corrected chi connectivity index (χ3v) is 11.2. The van der Waals surface area contributed by atoms with Crippen molar-refractivity contribution in [3.05, 3.63) is 0 Å². The third-order valence-electron chi connectivity index (χ3n) is 11.2. The van der Waals surface area contributed by atoms with Crippen LogP contribution in [-0.2, 0) is 0 Å². The molecule has 0 spiro atoms. The van der Waals surface area contributed by atoms with Gasteiger partial charge in [0.15, 0.2) is 0 Å². The molecule has 0 nitrogen and oxygen atoms in total. The summed E-state index contributed by atoms with van der Waals surface area (Å²) >= 11 is 0. The Kier molecular flexibility index (Phi) is 36.0. The van der Waals surface area contributed by atoms with Crippen molar-refractivity contribution in [2.45, 2.75) is 243 Å². The molecule has 0 heteroatoms. The van der Waals surface area contributed by atoms with Gasteiger partial charge in [0.1, 0.15) is 0 Å². The first-order valence-electron chi connectivity index (χ1n) is 21.6. The molecule has 0 heterocycles. The first-order valence-corrected chi connectivity index (χ1v) is 21.6. The summed E-state index contributed by atoms with van der Waals surface area (Å²) in [7, 11) is 0. The highest BCUT2D eigenvalue weighted by atomic mass is 14.4. The van der Waals surface area contributed by atoms with E-state index in [1.807, 2.05) is 55.4 Å². The molecule has 268 valence electrons. The van der Waals surface area contributed by atoms with E-state index in [9.17, 15) is 0 Å². The maximum Gasteiger partial charge on any atom is -0.0381 e. The molecule has 5 aliphatic carbocycles. The SMILES string of the molecule is CC.CC.CC.CC.CC1CCC(CC(CC2CCCCC2)C2CCCCC2)CC1.CC1CCCCC1.CC1CCCCC1. The largest absolute Gasteiger partial charge is 0.0683 e. The molecular formula is C44H92. The van der Waals surface area contributed by atoms with Gasteiger partial charge in [-0.3, -0.25) is 0 Å². The summed E-state index contributed by atoms with van der Waals surface area (Å²) in [6, 6.07) is 0. The predicted molar refractivity (Wildman–Crippen MR) is 207 cm³/mol. The zero-order chi connectivity index (χ0) is 33.4. The second kappa shape index (κ2) is 34.3. The Morgan fingerprint density at radius 1 is 0.318 bits per heavy atom. The van der Waals surface area contributed by atoms with Crippen molar-refractivity contribution in [2.24, 2.45) is 41.4 Å². The molecule has 0 aromatic heterocycles. The molecule has 1 atom stereocenters. The van der Waals surface area contributed by atoms with Crippen LogP contribution in [0.15, 0.2) is 0 Å². The van der Waals surface area contributed by atoms with E-state index in [-0.39, 0.29) is 0 Å². The van der Waals surface area contributed by atoms with Gasteiger partial charge in [-0.05, 0) is 54.3 Å². The fourth-order valence-corrected chi connectivity index (χ4v) is 8.54. The van der Waals surface area contributed by atoms with Crippen LogP contribution in [0.2, 0.25) is 0 Å². The molecular weight excluding hydrogens is 528 g/mol. The molecule has 5 aliphatic rings. The van der Waals surface area contributed by atoms with E-state index < -0.39 is 0 Å². The molecule has 0 aliphatic heterocycles. The van der Waals surface area contributed by atoms with Gasteiger partial charge in [0.25, 0.3) is 0 Å². The van der Waals surface area contributed by atoms with Gasteiger partial charge in [-0.25, -0.2) is 0 Å². The average molecular weight is 621 g/mol. The summed E-state index contributed by atoms with van der Waals surface area (Å²) in [4.78, 5) is 0. The maximum absolute atomic E-state index is 2.47. The van der Waals surface area contributed by atoms with Crippen LogP contribution in [0.1, 0.15) is 243 Å². The topological polar surface area (TPSA) is 0 Å². The van der Waals surface area contributed by atoms with Crippen molar-refractivity contribution < 1.29 is 0 Å². The first-order chi connectivity index (χ1) is 21.6. The highest BCUT2D eigenvalue weighted by molar-refractivity contribution is 4.82. The van der Waals surface area contributed by atoms with Crippen molar-refractivity contribution in [3.8, 4) is 0 Å². The molecule has 1 unspecified atom stereocenters. The summed E-state index contributed by atoms with van der Waals surface area (Å²) < 4.78 is 0. The fourth-order valence-electron chi connectivity index (χ4n) is 8.54. The lowest BCUT2D eigenvalue weighted by Crippen LogP contribution is -2.25. The third kappa shape index (κ3) is 24.2. The Bertz CT molecular complexity index is 474. The molecule has 0 bridgehead atoms. The van der Waals surface area contributed by atoms with Crippen LogP contribution in [0.3, 0.4) is 0 Å². The lowest BCUT2D eigenvalue weighted by molar-refractivity contribution is 0.142. The van der Waals surface area contributed by atoms with Crippen LogP contribution in [-0.4, -0.2) is 0 Å². The minimum absolute atomic E-state index is 1.02. The Labute approximate surface area is 283 Å². The lowest BCUT2D eigenvalue weighted by atomic mass is 9.68. The van der Waals surface area contributed by atoms with Crippen LogP contribution in [0, 0.1) is 41.4 Å². The van der Waals surface area contributed by atoms with Gasteiger partial charge in [0.05, 0.1) is 0 Å². The Morgan fingerprint density at radius 2 is 0.591 bits per heavy atom. The Morgan fingerprint density at radius 3 is 0.909 bits per heavy atom. The number of rotatable bonds is 5. The normalized spacial score (nSPS) is 25.4. The molecule has 0 radical (unpaired) electrons. The molecule has 0 aromatic carbocycles. The number of hydrogen-bond donors (Lipinski definition) is 0. The van der Waals surface area contributed by atoms with E-state index in [2.05, 4.69) is 20.8 Å². The molecule has 5 rings (SSSR count). The first kappa shape index (κ1) is 46.1. The van der Waals surface area contributed by atoms with Gasteiger partial charge in [-0.15, -0.1) is 0 Å². The zero-order valence-electron chi connectivity index (χ0n) is 33.4. The smallest absolute Gasteiger partial charge is 0.0381 e. The standard InChI is InChI=1S/C22H40.2C7H14.4C2H6/c1-18-12-14-20(15-13-18)17-22(21-10-6-3-7-11-21)16-19-8-4-2-5-9-19;2*1-7-5-3-2-4-6-7;4*1-2/h18-22H,2-17H2,1H3;2*7H,2-6H2,1H3;4*1-2H3. The summed E-state index contributed by atoms with van der Waals surface area (Å²) in [5.74, 6) is 7.48. The monoisotopic (exact) mass is 621 g/mol. The molecule has 0 saturated heterocycles. The summed E-state index contributed by atoms with van der Waals surface area (Å²) in [5.41, 5.74) is 0. The fraction of sp³-hybridized carbons (Fsp3) is 1.00.